The van der Waals surface area contributed by atoms with Gasteiger partial charge in [-0.05, 0) is 26.9 Å². The van der Waals surface area contributed by atoms with E-state index in [0.717, 1.165) is 0 Å². The molecule has 0 fully saturated rings. The SMILES string of the molecule is CCOC(OCC)[Si](C)(C)OC. The van der Waals surface area contributed by atoms with E-state index in [0.29, 0.717) is 13.2 Å². The lowest BCUT2D eigenvalue weighted by Gasteiger charge is -2.29. The summed E-state index contributed by atoms with van der Waals surface area (Å²) in [6, 6.07) is 0. The highest BCUT2D eigenvalue weighted by molar-refractivity contribution is 6.72. The molecule has 12 heavy (non-hydrogen) atoms. The predicted molar refractivity (Wildman–Crippen MR) is 51.5 cm³/mol. The second-order valence-corrected chi connectivity index (χ2v) is 7.14. The highest BCUT2D eigenvalue weighted by atomic mass is 28.4. The predicted octanol–water partition coefficient (Wildman–Crippen LogP) is 1.78. The Balaban J connectivity index is 4.07. The first-order valence-electron chi connectivity index (χ1n) is 4.36. The van der Waals surface area contributed by atoms with Gasteiger partial charge in [0.05, 0.1) is 0 Å². The van der Waals surface area contributed by atoms with Gasteiger partial charge >= 0.3 is 0 Å². The van der Waals surface area contributed by atoms with Crippen molar-refractivity contribution in [1.29, 1.82) is 0 Å². The van der Waals surface area contributed by atoms with Crippen molar-refractivity contribution in [2.45, 2.75) is 32.9 Å². The van der Waals surface area contributed by atoms with Crippen LogP contribution in [-0.4, -0.2) is 34.6 Å². The molecule has 4 heteroatoms. The summed E-state index contributed by atoms with van der Waals surface area (Å²) in [6.07, 6.45) is 0. The van der Waals surface area contributed by atoms with Crippen molar-refractivity contribution in [1.82, 2.24) is 0 Å². The molecule has 0 aliphatic rings. The van der Waals surface area contributed by atoms with E-state index >= 15 is 0 Å². The zero-order valence-electron chi connectivity index (χ0n) is 8.72. The molecule has 0 atom stereocenters. The summed E-state index contributed by atoms with van der Waals surface area (Å²) in [5.74, 6) is -0.141. The van der Waals surface area contributed by atoms with Crippen molar-refractivity contribution in [3.63, 3.8) is 0 Å². The van der Waals surface area contributed by atoms with Crippen LogP contribution < -0.4 is 0 Å². The lowest BCUT2D eigenvalue weighted by molar-refractivity contribution is -0.0966. The lowest BCUT2D eigenvalue weighted by Crippen LogP contribution is -2.47. The van der Waals surface area contributed by atoms with Gasteiger partial charge in [-0.3, -0.25) is 0 Å². The molecule has 0 N–H and O–H groups in total. The zero-order valence-corrected chi connectivity index (χ0v) is 9.72. The summed E-state index contributed by atoms with van der Waals surface area (Å²) in [6.45, 7) is 9.44. The summed E-state index contributed by atoms with van der Waals surface area (Å²) in [4.78, 5) is 0. The molecule has 0 spiro atoms. The molecule has 74 valence electrons. The van der Waals surface area contributed by atoms with Crippen LogP contribution in [0.25, 0.3) is 0 Å². The fourth-order valence-corrected chi connectivity index (χ4v) is 2.18. The van der Waals surface area contributed by atoms with E-state index in [9.17, 15) is 0 Å². The second kappa shape index (κ2) is 5.69. The van der Waals surface area contributed by atoms with E-state index in [1.54, 1.807) is 7.11 Å². The largest absolute Gasteiger partial charge is 0.415 e. The van der Waals surface area contributed by atoms with Crippen LogP contribution in [0.4, 0.5) is 0 Å². The molecule has 0 bridgehead atoms. The second-order valence-electron chi connectivity index (χ2n) is 3.05. The zero-order chi connectivity index (χ0) is 9.61. The molecule has 0 heterocycles. The number of rotatable bonds is 6. The smallest absolute Gasteiger partial charge is 0.246 e. The Morgan fingerprint density at radius 3 is 1.75 bits per heavy atom. The van der Waals surface area contributed by atoms with E-state index < -0.39 is 8.32 Å². The number of hydrogen-bond acceptors (Lipinski definition) is 3. The molecule has 3 nitrogen and oxygen atoms in total. The monoisotopic (exact) mass is 192 g/mol. The van der Waals surface area contributed by atoms with Crippen LogP contribution in [0.15, 0.2) is 0 Å². The van der Waals surface area contributed by atoms with Crippen LogP contribution in [0.1, 0.15) is 13.8 Å². The van der Waals surface area contributed by atoms with E-state index in [2.05, 4.69) is 13.1 Å². The highest BCUT2D eigenvalue weighted by Crippen LogP contribution is 2.13. The van der Waals surface area contributed by atoms with Crippen LogP contribution >= 0.6 is 0 Å². The van der Waals surface area contributed by atoms with Crippen molar-refractivity contribution >= 4 is 8.32 Å². The average molecular weight is 192 g/mol. The topological polar surface area (TPSA) is 27.7 Å². The molecule has 0 aliphatic heterocycles. The third-order valence-corrected chi connectivity index (χ3v) is 4.25. The van der Waals surface area contributed by atoms with Gasteiger partial charge in [0.15, 0.2) is 5.91 Å². The third kappa shape index (κ3) is 3.67. The molecule has 0 amide bonds. The molecule has 0 saturated heterocycles. The molecular formula is C8H20O3Si. The Labute approximate surface area is 76.1 Å². The van der Waals surface area contributed by atoms with Gasteiger partial charge in [-0.1, -0.05) is 0 Å². The van der Waals surface area contributed by atoms with Gasteiger partial charge in [-0.2, -0.15) is 0 Å². The molecule has 0 aromatic carbocycles. The van der Waals surface area contributed by atoms with Crippen LogP contribution in [0, 0.1) is 0 Å². The van der Waals surface area contributed by atoms with Gasteiger partial charge in [0.1, 0.15) is 0 Å². The summed E-state index contributed by atoms with van der Waals surface area (Å²) >= 11 is 0. The third-order valence-electron chi connectivity index (χ3n) is 1.73. The summed E-state index contributed by atoms with van der Waals surface area (Å²) in [7, 11) is -0.0736. The first kappa shape index (κ1) is 12.1. The Hall–Kier alpha value is 0.0969. The molecule has 0 aromatic heterocycles. The van der Waals surface area contributed by atoms with Gasteiger partial charge in [0, 0.05) is 20.3 Å². The van der Waals surface area contributed by atoms with Crippen LogP contribution in [0.5, 0.6) is 0 Å². The van der Waals surface area contributed by atoms with E-state index in [1.807, 2.05) is 13.8 Å². The quantitative estimate of drug-likeness (QED) is 0.474. The van der Waals surface area contributed by atoms with Crippen molar-refractivity contribution in [3.8, 4) is 0 Å². The van der Waals surface area contributed by atoms with Crippen LogP contribution in [-0.2, 0) is 13.9 Å². The Kier molecular flexibility index (Phi) is 5.74. The molecule has 0 aliphatic carbocycles. The first-order chi connectivity index (χ1) is 5.58. The molecule has 0 aromatic rings. The fraction of sp³-hybridized carbons (Fsp3) is 1.00. The number of ether oxygens (including phenoxy) is 2. The van der Waals surface area contributed by atoms with E-state index in [1.165, 1.54) is 0 Å². The molecular weight excluding hydrogens is 172 g/mol. The molecule has 0 radical (unpaired) electrons. The number of hydrogen-bond donors (Lipinski definition) is 0. The maximum Gasteiger partial charge on any atom is 0.246 e. The molecule has 0 saturated carbocycles. The Bertz CT molecular complexity index is 111. The normalized spacial score (nSPS) is 12.5. The molecule has 0 unspecified atom stereocenters. The van der Waals surface area contributed by atoms with E-state index in [4.69, 9.17) is 13.9 Å². The van der Waals surface area contributed by atoms with Crippen molar-refractivity contribution in [2.24, 2.45) is 0 Å². The maximum absolute atomic E-state index is 5.45. The van der Waals surface area contributed by atoms with Crippen molar-refractivity contribution < 1.29 is 13.9 Å². The van der Waals surface area contributed by atoms with Gasteiger partial charge in [0.2, 0.25) is 8.32 Å². The molecule has 0 rings (SSSR count). The van der Waals surface area contributed by atoms with Gasteiger partial charge in [-0.15, -0.1) is 0 Å². The van der Waals surface area contributed by atoms with Gasteiger partial charge in [-0.25, -0.2) is 0 Å². The summed E-state index contributed by atoms with van der Waals surface area (Å²) < 4.78 is 16.3. The van der Waals surface area contributed by atoms with Crippen molar-refractivity contribution in [2.75, 3.05) is 20.3 Å². The maximum atomic E-state index is 5.45. The highest BCUT2D eigenvalue weighted by Gasteiger charge is 2.34. The van der Waals surface area contributed by atoms with Crippen LogP contribution in [0.2, 0.25) is 13.1 Å². The minimum atomic E-state index is -1.79. The van der Waals surface area contributed by atoms with Crippen molar-refractivity contribution in [3.05, 3.63) is 0 Å². The first-order valence-corrected chi connectivity index (χ1v) is 7.35. The van der Waals surface area contributed by atoms with Gasteiger partial charge in [0.25, 0.3) is 0 Å². The van der Waals surface area contributed by atoms with Gasteiger partial charge < -0.3 is 13.9 Å². The minimum Gasteiger partial charge on any atom is -0.415 e. The van der Waals surface area contributed by atoms with E-state index in [-0.39, 0.29) is 5.91 Å². The Morgan fingerprint density at radius 1 is 1.08 bits per heavy atom. The average Bonchev–Trinajstić information content (AvgIpc) is 2.04. The summed E-state index contributed by atoms with van der Waals surface area (Å²) in [5.41, 5.74) is 0. The fourth-order valence-electron chi connectivity index (χ4n) is 0.848. The lowest BCUT2D eigenvalue weighted by atomic mass is 10.8. The van der Waals surface area contributed by atoms with Crippen LogP contribution in [0.3, 0.4) is 0 Å². The summed E-state index contributed by atoms with van der Waals surface area (Å²) in [5, 5.41) is 0. The Morgan fingerprint density at radius 2 is 1.50 bits per heavy atom. The minimum absolute atomic E-state index is 0.141. The standard InChI is InChI=1S/C8H20O3Si/c1-6-10-8(11-7-2)12(4,5)9-3/h8H,6-7H2,1-5H3.